The second kappa shape index (κ2) is 5.62. The Morgan fingerprint density at radius 1 is 1.38 bits per heavy atom. The summed E-state index contributed by atoms with van der Waals surface area (Å²) in [6, 6.07) is 1.60. The Labute approximate surface area is 97.8 Å². The van der Waals surface area contributed by atoms with Crippen LogP contribution >= 0.6 is 0 Å². The SMILES string of the molecule is CCN(CC)S(=O)(=O)N1CCCCC1C#N. The fourth-order valence-electron chi connectivity index (χ4n) is 2.01. The van der Waals surface area contributed by atoms with E-state index in [1.165, 1.54) is 8.61 Å². The maximum atomic E-state index is 12.2. The van der Waals surface area contributed by atoms with Crippen LogP contribution in [0.15, 0.2) is 0 Å². The monoisotopic (exact) mass is 245 g/mol. The maximum Gasteiger partial charge on any atom is 0.283 e. The van der Waals surface area contributed by atoms with Crippen molar-refractivity contribution in [3.63, 3.8) is 0 Å². The molecule has 1 aliphatic rings. The highest BCUT2D eigenvalue weighted by Crippen LogP contribution is 2.21. The normalized spacial score (nSPS) is 23.2. The van der Waals surface area contributed by atoms with Gasteiger partial charge in [-0.1, -0.05) is 13.8 Å². The first-order chi connectivity index (χ1) is 7.57. The predicted octanol–water partition coefficient (Wildman–Crippen LogP) is 0.951. The molecule has 0 amide bonds. The Bertz CT molecular complexity index is 357. The number of nitrogens with zero attached hydrogens (tertiary/aromatic N) is 3. The lowest BCUT2D eigenvalue weighted by molar-refractivity contribution is 0.271. The molecule has 0 aromatic rings. The Balaban J connectivity index is 2.93. The number of hydrogen-bond acceptors (Lipinski definition) is 3. The molecule has 0 saturated carbocycles. The molecular formula is C10H19N3O2S. The van der Waals surface area contributed by atoms with Crippen molar-refractivity contribution < 1.29 is 8.42 Å². The molecule has 0 aromatic heterocycles. The van der Waals surface area contributed by atoms with E-state index in [2.05, 4.69) is 6.07 Å². The van der Waals surface area contributed by atoms with Gasteiger partial charge in [-0.25, -0.2) is 0 Å². The van der Waals surface area contributed by atoms with Crippen molar-refractivity contribution in [2.24, 2.45) is 0 Å². The smallest absolute Gasteiger partial charge is 0.197 e. The average molecular weight is 245 g/mol. The highest BCUT2D eigenvalue weighted by molar-refractivity contribution is 7.86. The third-order valence-corrected chi connectivity index (χ3v) is 5.13. The third kappa shape index (κ3) is 2.54. The number of nitriles is 1. The van der Waals surface area contributed by atoms with Crippen molar-refractivity contribution in [3.05, 3.63) is 0 Å². The van der Waals surface area contributed by atoms with Crippen LogP contribution in [-0.4, -0.2) is 42.7 Å². The fraction of sp³-hybridized carbons (Fsp3) is 0.900. The minimum atomic E-state index is -3.44. The van der Waals surface area contributed by atoms with Gasteiger partial charge in [0.2, 0.25) is 0 Å². The van der Waals surface area contributed by atoms with Crippen LogP contribution in [0, 0.1) is 11.3 Å². The van der Waals surface area contributed by atoms with Crippen LogP contribution in [0.3, 0.4) is 0 Å². The van der Waals surface area contributed by atoms with E-state index >= 15 is 0 Å². The van der Waals surface area contributed by atoms with E-state index in [1.807, 2.05) is 13.8 Å². The Kier molecular flexibility index (Phi) is 4.71. The zero-order valence-electron chi connectivity index (χ0n) is 9.89. The molecule has 0 aliphatic carbocycles. The summed E-state index contributed by atoms with van der Waals surface area (Å²) in [6.45, 7) is 5.00. The van der Waals surface area contributed by atoms with E-state index in [-0.39, 0.29) is 0 Å². The van der Waals surface area contributed by atoms with Crippen molar-refractivity contribution in [3.8, 4) is 6.07 Å². The van der Waals surface area contributed by atoms with Crippen molar-refractivity contribution in [1.82, 2.24) is 8.61 Å². The lowest BCUT2D eigenvalue weighted by Gasteiger charge is -2.34. The van der Waals surface area contributed by atoms with Gasteiger partial charge < -0.3 is 0 Å². The van der Waals surface area contributed by atoms with Gasteiger partial charge in [-0.15, -0.1) is 0 Å². The largest absolute Gasteiger partial charge is 0.283 e. The van der Waals surface area contributed by atoms with Crippen molar-refractivity contribution in [1.29, 1.82) is 5.26 Å². The first-order valence-corrected chi connectivity index (χ1v) is 7.14. The molecule has 16 heavy (non-hydrogen) atoms. The Morgan fingerprint density at radius 2 is 2.00 bits per heavy atom. The molecule has 1 unspecified atom stereocenters. The first kappa shape index (κ1) is 13.4. The van der Waals surface area contributed by atoms with E-state index in [9.17, 15) is 8.42 Å². The van der Waals surface area contributed by atoms with Crippen LogP contribution in [0.25, 0.3) is 0 Å². The van der Waals surface area contributed by atoms with Crippen molar-refractivity contribution in [2.75, 3.05) is 19.6 Å². The van der Waals surface area contributed by atoms with Gasteiger partial charge in [-0.3, -0.25) is 0 Å². The molecule has 0 spiro atoms. The molecular weight excluding hydrogens is 226 g/mol. The van der Waals surface area contributed by atoms with Crippen LogP contribution in [0.2, 0.25) is 0 Å². The Hall–Kier alpha value is -0.640. The summed E-state index contributed by atoms with van der Waals surface area (Å²) in [5.74, 6) is 0. The molecule has 0 bridgehead atoms. The summed E-state index contributed by atoms with van der Waals surface area (Å²) in [4.78, 5) is 0. The Morgan fingerprint density at radius 3 is 2.50 bits per heavy atom. The molecule has 1 saturated heterocycles. The van der Waals surface area contributed by atoms with Crippen LogP contribution in [0.1, 0.15) is 33.1 Å². The van der Waals surface area contributed by atoms with E-state index in [0.717, 1.165) is 12.8 Å². The molecule has 92 valence electrons. The van der Waals surface area contributed by atoms with E-state index in [1.54, 1.807) is 0 Å². The van der Waals surface area contributed by atoms with Gasteiger partial charge in [0.1, 0.15) is 6.04 Å². The molecule has 1 heterocycles. The number of hydrogen-bond donors (Lipinski definition) is 0. The second-order valence-corrected chi connectivity index (χ2v) is 5.72. The van der Waals surface area contributed by atoms with Gasteiger partial charge in [0.05, 0.1) is 6.07 Å². The molecule has 1 fully saturated rings. The zero-order valence-corrected chi connectivity index (χ0v) is 10.7. The summed E-state index contributed by atoms with van der Waals surface area (Å²) >= 11 is 0. The molecule has 1 aliphatic heterocycles. The van der Waals surface area contributed by atoms with E-state index < -0.39 is 16.3 Å². The predicted molar refractivity (Wildman–Crippen MR) is 61.8 cm³/mol. The van der Waals surface area contributed by atoms with E-state index in [0.29, 0.717) is 26.1 Å². The highest BCUT2D eigenvalue weighted by Gasteiger charge is 2.35. The van der Waals surface area contributed by atoms with Gasteiger partial charge in [0.25, 0.3) is 10.2 Å². The summed E-state index contributed by atoms with van der Waals surface area (Å²) in [7, 11) is -3.44. The molecule has 0 aromatic carbocycles. The molecule has 0 radical (unpaired) electrons. The van der Waals surface area contributed by atoms with Crippen LogP contribution in [-0.2, 0) is 10.2 Å². The van der Waals surface area contributed by atoms with Gasteiger partial charge in [0, 0.05) is 19.6 Å². The second-order valence-electron chi connectivity index (χ2n) is 3.84. The summed E-state index contributed by atoms with van der Waals surface area (Å²) in [6.07, 6.45) is 2.43. The van der Waals surface area contributed by atoms with Crippen LogP contribution < -0.4 is 0 Å². The first-order valence-electron chi connectivity index (χ1n) is 5.74. The summed E-state index contributed by atoms with van der Waals surface area (Å²) in [5, 5.41) is 8.98. The lowest BCUT2D eigenvalue weighted by atomic mass is 10.1. The van der Waals surface area contributed by atoms with Gasteiger partial charge in [-0.05, 0) is 19.3 Å². The summed E-state index contributed by atoms with van der Waals surface area (Å²) in [5.41, 5.74) is 0. The third-order valence-electron chi connectivity index (χ3n) is 2.93. The quantitative estimate of drug-likeness (QED) is 0.740. The minimum absolute atomic E-state index is 0.452. The lowest BCUT2D eigenvalue weighted by Crippen LogP contribution is -2.50. The number of piperidine rings is 1. The van der Waals surface area contributed by atoms with Crippen molar-refractivity contribution in [2.45, 2.75) is 39.2 Å². The molecule has 1 atom stereocenters. The highest BCUT2D eigenvalue weighted by atomic mass is 32.2. The van der Waals surface area contributed by atoms with Gasteiger partial charge in [0.15, 0.2) is 0 Å². The molecule has 1 rings (SSSR count). The molecule has 6 heteroatoms. The number of rotatable bonds is 4. The topological polar surface area (TPSA) is 64.4 Å². The van der Waals surface area contributed by atoms with Crippen LogP contribution in [0.4, 0.5) is 0 Å². The molecule has 0 N–H and O–H groups in total. The van der Waals surface area contributed by atoms with Crippen LogP contribution in [0.5, 0.6) is 0 Å². The maximum absolute atomic E-state index is 12.2. The van der Waals surface area contributed by atoms with Gasteiger partial charge in [-0.2, -0.15) is 22.3 Å². The minimum Gasteiger partial charge on any atom is -0.197 e. The molecule has 5 nitrogen and oxygen atoms in total. The van der Waals surface area contributed by atoms with Crippen molar-refractivity contribution >= 4 is 10.2 Å². The van der Waals surface area contributed by atoms with E-state index in [4.69, 9.17) is 5.26 Å². The fourth-order valence-corrected chi connectivity index (χ4v) is 3.79. The van der Waals surface area contributed by atoms with Gasteiger partial charge >= 0.3 is 0 Å². The average Bonchev–Trinajstić information content (AvgIpc) is 2.30. The summed E-state index contributed by atoms with van der Waals surface area (Å²) < 4.78 is 27.2. The zero-order chi connectivity index (χ0) is 12.2. The standard InChI is InChI=1S/C10H19N3O2S/c1-3-12(4-2)16(14,15)13-8-6-5-7-10(13)9-11/h10H,3-8H2,1-2H3.